The largest absolute Gasteiger partial charge is 0.472 e. The number of aliphatic hydroxyl groups excluding tert-OH is 1. The van der Waals surface area contributed by atoms with E-state index in [0.29, 0.717) is 31.6 Å². The van der Waals surface area contributed by atoms with Crippen LogP contribution in [0.5, 0.6) is 0 Å². The molecule has 0 heterocycles. The molecule has 3 unspecified atom stereocenters. The van der Waals surface area contributed by atoms with E-state index in [4.69, 9.17) is 37.0 Å². The van der Waals surface area contributed by atoms with Gasteiger partial charge in [0.25, 0.3) is 0 Å². The smallest absolute Gasteiger partial charge is 0.462 e. The number of carbonyl (C=O) groups excluding carboxylic acids is 4. The van der Waals surface area contributed by atoms with Crippen molar-refractivity contribution in [2.45, 2.75) is 407 Å². The van der Waals surface area contributed by atoms with Crippen LogP contribution in [-0.2, 0) is 65.4 Å². The fraction of sp³-hybridized carbons (Fsp3) is 0.947. The summed E-state index contributed by atoms with van der Waals surface area (Å²) in [7, 11) is -9.91. The van der Waals surface area contributed by atoms with E-state index < -0.39 is 97.5 Å². The van der Waals surface area contributed by atoms with E-state index in [9.17, 15) is 43.2 Å². The van der Waals surface area contributed by atoms with Crippen LogP contribution in [0.3, 0.4) is 0 Å². The molecule has 6 atom stereocenters. The third-order valence-corrected chi connectivity index (χ3v) is 19.7. The van der Waals surface area contributed by atoms with Crippen LogP contribution in [0, 0.1) is 11.8 Å². The molecule has 0 aromatic heterocycles. The van der Waals surface area contributed by atoms with Crippen LogP contribution < -0.4 is 0 Å². The quantitative estimate of drug-likeness (QED) is 0.0222. The van der Waals surface area contributed by atoms with Gasteiger partial charge in [0, 0.05) is 25.7 Å². The molecule has 0 fully saturated rings. The Balaban J connectivity index is 5.20. The maximum absolute atomic E-state index is 13.1. The lowest BCUT2D eigenvalue weighted by atomic mass is 10.00. The standard InChI is InChI=1S/C75H146O17P2/c1-7-10-12-14-16-18-20-22-24-25-26-27-28-30-32-34-36-38-47-53-59-74(79)91-70(63-85-72(77)57-51-45-37-35-33-31-29-23-21-19-17-15-13-11-8-2)65-89-93(81,82)87-61-69(76)62-88-94(83,84)90-66-71(64-86-73(78)58-52-46-41-39-43-49-55-67(4)5)92-75(80)60-54-48-42-40-44-50-56-68(6)9-3/h67-71,76H,7-66H2,1-6H3,(H,81,82)(H,83,84)/t68?,69-,70-,71-/m1/s1. The van der Waals surface area contributed by atoms with Crippen LogP contribution in [0.2, 0.25) is 0 Å². The van der Waals surface area contributed by atoms with Crippen molar-refractivity contribution in [3.05, 3.63) is 0 Å². The monoisotopic (exact) mass is 1380 g/mol. The molecule has 0 saturated carbocycles. The Hall–Kier alpha value is -1.94. The van der Waals surface area contributed by atoms with Crippen LogP contribution in [-0.4, -0.2) is 96.7 Å². The number of phosphoric acid groups is 2. The molecule has 0 spiro atoms. The summed E-state index contributed by atoms with van der Waals surface area (Å²) in [6, 6.07) is 0. The number of hydrogen-bond acceptors (Lipinski definition) is 15. The van der Waals surface area contributed by atoms with Crippen LogP contribution >= 0.6 is 15.6 Å². The molecule has 558 valence electrons. The molecule has 0 aromatic rings. The van der Waals surface area contributed by atoms with Crippen LogP contribution in [0.1, 0.15) is 388 Å². The predicted molar refractivity (Wildman–Crippen MR) is 381 cm³/mol. The fourth-order valence-electron chi connectivity index (χ4n) is 11.4. The van der Waals surface area contributed by atoms with E-state index in [1.54, 1.807) is 0 Å². The highest BCUT2D eigenvalue weighted by atomic mass is 31.2. The zero-order chi connectivity index (χ0) is 69.3. The van der Waals surface area contributed by atoms with Gasteiger partial charge in [0.1, 0.15) is 19.3 Å². The lowest BCUT2D eigenvalue weighted by Gasteiger charge is -2.21. The second kappa shape index (κ2) is 66.9. The second-order valence-corrected chi connectivity index (χ2v) is 30.7. The number of hydrogen-bond donors (Lipinski definition) is 3. The number of aliphatic hydroxyl groups is 1. The molecule has 17 nitrogen and oxygen atoms in total. The molecule has 3 N–H and O–H groups in total. The Bertz CT molecular complexity index is 1820. The first-order chi connectivity index (χ1) is 45.4. The van der Waals surface area contributed by atoms with Crippen molar-refractivity contribution in [3.63, 3.8) is 0 Å². The van der Waals surface area contributed by atoms with Gasteiger partial charge in [0.2, 0.25) is 0 Å². The van der Waals surface area contributed by atoms with Crippen molar-refractivity contribution in [1.82, 2.24) is 0 Å². The van der Waals surface area contributed by atoms with Gasteiger partial charge in [-0.05, 0) is 37.5 Å². The van der Waals surface area contributed by atoms with E-state index in [2.05, 4.69) is 41.5 Å². The zero-order valence-corrected chi connectivity index (χ0v) is 63.1. The lowest BCUT2D eigenvalue weighted by Crippen LogP contribution is -2.30. The van der Waals surface area contributed by atoms with Crippen molar-refractivity contribution in [3.8, 4) is 0 Å². The van der Waals surface area contributed by atoms with Crippen molar-refractivity contribution in [2.24, 2.45) is 11.8 Å². The highest BCUT2D eigenvalue weighted by molar-refractivity contribution is 7.47. The highest BCUT2D eigenvalue weighted by Crippen LogP contribution is 2.45. The molecule has 19 heteroatoms. The molecule has 0 aliphatic carbocycles. The summed E-state index contributed by atoms with van der Waals surface area (Å²) in [6.45, 7) is 9.45. The molecule has 0 saturated heterocycles. The highest BCUT2D eigenvalue weighted by Gasteiger charge is 2.30. The van der Waals surface area contributed by atoms with E-state index in [1.807, 2.05) is 0 Å². The van der Waals surface area contributed by atoms with E-state index >= 15 is 0 Å². The summed E-state index contributed by atoms with van der Waals surface area (Å²) in [6.07, 6.45) is 54.5. The minimum Gasteiger partial charge on any atom is -0.462 e. The molecule has 0 amide bonds. The normalized spacial score (nSPS) is 14.3. The number of esters is 4. The lowest BCUT2D eigenvalue weighted by molar-refractivity contribution is -0.161. The average Bonchev–Trinajstić information content (AvgIpc) is 2.40. The Labute approximate surface area is 575 Å². The first kappa shape index (κ1) is 92.1. The first-order valence-corrected chi connectivity index (χ1v) is 42.0. The molecular formula is C75H146O17P2. The number of rotatable bonds is 74. The van der Waals surface area contributed by atoms with Gasteiger partial charge in [0.05, 0.1) is 26.4 Å². The maximum Gasteiger partial charge on any atom is 0.472 e. The Morgan fingerprint density at radius 1 is 0.309 bits per heavy atom. The molecule has 0 bridgehead atoms. The summed E-state index contributed by atoms with van der Waals surface area (Å²) in [4.78, 5) is 72.7. The number of unbranched alkanes of at least 4 members (excludes halogenated alkanes) is 43. The third-order valence-electron chi connectivity index (χ3n) is 17.8. The minimum atomic E-state index is -4.96. The van der Waals surface area contributed by atoms with E-state index in [-0.39, 0.29) is 25.7 Å². The maximum atomic E-state index is 13.1. The van der Waals surface area contributed by atoms with Crippen molar-refractivity contribution < 1.29 is 80.2 Å². The Morgan fingerprint density at radius 3 is 0.809 bits per heavy atom. The SMILES string of the molecule is CCCCCCCCCCCCCCCCCCCCCCC(=O)O[C@H](COC(=O)CCCCCCCCCCCCCCCCC)COP(=O)(O)OC[C@@H](O)COP(=O)(O)OC[C@@H](COC(=O)CCCCCCCCC(C)C)OC(=O)CCCCCCCCC(C)CC. The number of phosphoric ester groups is 2. The van der Waals surface area contributed by atoms with Gasteiger partial charge >= 0.3 is 39.5 Å². The van der Waals surface area contributed by atoms with Crippen molar-refractivity contribution >= 4 is 39.5 Å². The number of carbonyl (C=O) groups is 4. The van der Waals surface area contributed by atoms with Gasteiger partial charge < -0.3 is 33.8 Å². The first-order valence-electron chi connectivity index (χ1n) is 39.0. The second-order valence-electron chi connectivity index (χ2n) is 27.8. The van der Waals surface area contributed by atoms with Gasteiger partial charge in [-0.1, -0.05) is 337 Å². The Kier molecular flexibility index (Phi) is 65.5. The molecule has 0 aromatic carbocycles. The van der Waals surface area contributed by atoms with Crippen LogP contribution in [0.15, 0.2) is 0 Å². The average molecular weight is 1380 g/mol. The van der Waals surface area contributed by atoms with Crippen LogP contribution in [0.4, 0.5) is 0 Å². The summed E-state index contributed by atoms with van der Waals surface area (Å²) in [5.41, 5.74) is 0. The van der Waals surface area contributed by atoms with E-state index in [1.165, 1.54) is 199 Å². The summed E-state index contributed by atoms with van der Waals surface area (Å²) in [5.74, 6) is -0.723. The molecule has 0 aliphatic heterocycles. The van der Waals surface area contributed by atoms with Gasteiger partial charge in [-0.25, -0.2) is 9.13 Å². The third kappa shape index (κ3) is 67.3. The molecular weight excluding hydrogens is 1230 g/mol. The minimum absolute atomic E-state index is 0.102. The van der Waals surface area contributed by atoms with Gasteiger partial charge in [0.15, 0.2) is 12.2 Å². The summed E-state index contributed by atoms with van der Waals surface area (Å²) < 4.78 is 68.4. The molecule has 94 heavy (non-hydrogen) atoms. The zero-order valence-electron chi connectivity index (χ0n) is 61.3. The van der Waals surface area contributed by atoms with Crippen LogP contribution in [0.25, 0.3) is 0 Å². The fourth-order valence-corrected chi connectivity index (χ4v) is 13.0. The topological polar surface area (TPSA) is 237 Å². The number of ether oxygens (including phenoxy) is 4. The predicted octanol–water partition coefficient (Wildman–Crippen LogP) is 21.9. The van der Waals surface area contributed by atoms with Crippen molar-refractivity contribution in [1.29, 1.82) is 0 Å². The van der Waals surface area contributed by atoms with E-state index in [0.717, 1.165) is 102 Å². The summed E-state index contributed by atoms with van der Waals surface area (Å²) >= 11 is 0. The van der Waals surface area contributed by atoms with Crippen molar-refractivity contribution in [2.75, 3.05) is 39.6 Å². The van der Waals surface area contributed by atoms with Gasteiger partial charge in [-0.2, -0.15) is 0 Å². The molecule has 0 aliphatic rings. The van der Waals surface area contributed by atoms with Gasteiger partial charge in [-0.3, -0.25) is 37.3 Å². The van der Waals surface area contributed by atoms with Gasteiger partial charge in [-0.15, -0.1) is 0 Å². The molecule has 0 rings (SSSR count). The Morgan fingerprint density at radius 2 is 0.543 bits per heavy atom. The molecule has 0 radical (unpaired) electrons. The summed E-state index contributed by atoms with van der Waals surface area (Å²) in [5, 5.41) is 10.6.